The highest BCUT2D eigenvalue weighted by molar-refractivity contribution is 5.83. The molecule has 0 unspecified atom stereocenters. The molecule has 4 aromatic heterocycles. The first kappa shape index (κ1) is 22.3. The summed E-state index contributed by atoms with van der Waals surface area (Å²) in [5, 5.41) is 8.34. The van der Waals surface area contributed by atoms with Crippen LogP contribution in [0.5, 0.6) is 17.4 Å². The number of hydrogen-bond donors (Lipinski definition) is 1. The quantitative estimate of drug-likeness (QED) is 0.353. The van der Waals surface area contributed by atoms with Crippen LogP contribution < -0.4 is 14.8 Å². The Bertz CT molecular complexity index is 1500. The van der Waals surface area contributed by atoms with Crippen LogP contribution >= 0.6 is 0 Å². The molecule has 35 heavy (non-hydrogen) atoms. The monoisotopic (exact) mass is 467 g/mol. The van der Waals surface area contributed by atoms with E-state index in [1.807, 2.05) is 69.6 Å². The molecule has 5 aromatic rings. The number of rotatable bonds is 7. The van der Waals surface area contributed by atoms with E-state index in [0.717, 1.165) is 33.4 Å². The van der Waals surface area contributed by atoms with Crippen molar-refractivity contribution < 1.29 is 9.47 Å². The van der Waals surface area contributed by atoms with Crippen molar-refractivity contribution in [3.8, 4) is 39.9 Å². The molecule has 1 N–H and O–H groups in total. The molecule has 176 valence electrons. The number of anilines is 1. The molecule has 0 atom stereocenters. The number of aryl methyl sites for hydroxylation is 1. The second kappa shape index (κ2) is 9.38. The summed E-state index contributed by atoms with van der Waals surface area (Å²) >= 11 is 0. The van der Waals surface area contributed by atoms with Crippen LogP contribution in [0.3, 0.4) is 0 Å². The molecular weight excluding hydrogens is 442 g/mol. The molecule has 4 heterocycles. The number of pyridine rings is 2. The summed E-state index contributed by atoms with van der Waals surface area (Å²) in [5.41, 5.74) is 4.01. The Kier molecular flexibility index (Phi) is 5.97. The summed E-state index contributed by atoms with van der Waals surface area (Å²) in [4.78, 5) is 18.1. The average molecular weight is 468 g/mol. The Morgan fingerprint density at radius 2 is 1.77 bits per heavy atom. The van der Waals surface area contributed by atoms with Crippen LogP contribution in [-0.4, -0.2) is 42.9 Å². The van der Waals surface area contributed by atoms with E-state index in [0.29, 0.717) is 23.3 Å². The Balaban J connectivity index is 1.40. The molecule has 0 aliphatic carbocycles. The number of fused-ring (bicyclic) bond motifs is 1. The molecule has 0 saturated carbocycles. The maximum absolute atomic E-state index is 6.11. The van der Waals surface area contributed by atoms with Gasteiger partial charge in [0.15, 0.2) is 0 Å². The van der Waals surface area contributed by atoms with E-state index in [-0.39, 0.29) is 6.04 Å². The maximum atomic E-state index is 6.11. The summed E-state index contributed by atoms with van der Waals surface area (Å²) in [6, 6.07) is 13.6. The zero-order valence-corrected chi connectivity index (χ0v) is 19.9. The van der Waals surface area contributed by atoms with Gasteiger partial charge in [0, 0.05) is 48.7 Å². The van der Waals surface area contributed by atoms with Crippen LogP contribution in [0.15, 0.2) is 67.3 Å². The minimum atomic E-state index is 0.217. The van der Waals surface area contributed by atoms with Crippen molar-refractivity contribution in [2.45, 2.75) is 19.9 Å². The molecule has 9 nitrogen and oxygen atoms in total. The molecule has 0 aliphatic heterocycles. The fourth-order valence-electron chi connectivity index (χ4n) is 3.66. The number of nitrogens with one attached hydrogen (secondary N) is 1. The predicted octanol–water partition coefficient (Wildman–Crippen LogP) is 5.11. The van der Waals surface area contributed by atoms with Gasteiger partial charge in [0.25, 0.3) is 0 Å². The molecule has 1 aromatic carbocycles. The van der Waals surface area contributed by atoms with Crippen molar-refractivity contribution in [1.29, 1.82) is 0 Å². The van der Waals surface area contributed by atoms with E-state index < -0.39 is 0 Å². The molecule has 0 saturated heterocycles. The van der Waals surface area contributed by atoms with Gasteiger partial charge in [-0.1, -0.05) is 6.07 Å². The number of benzene rings is 1. The molecule has 0 aliphatic rings. The lowest BCUT2D eigenvalue weighted by Crippen LogP contribution is -2.13. The van der Waals surface area contributed by atoms with Crippen molar-refractivity contribution >= 4 is 16.9 Å². The molecule has 0 amide bonds. The van der Waals surface area contributed by atoms with Gasteiger partial charge < -0.3 is 14.8 Å². The van der Waals surface area contributed by atoms with Crippen LogP contribution in [0.4, 0.5) is 5.95 Å². The van der Waals surface area contributed by atoms with Crippen molar-refractivity contribution in [1.82, 2.24) is 29.7 Å². The standard InChI is InChI=1S/C26H25N7O2/c1-16(2)30-26-28-14-21(25(32-26)34-4)23-7-5-17-11-19(6-8-22(17)31-23)35-20-9-10-27-24(12-20)18-13-29-33(3)15-18/h5-16H,1-4H3,(H,28,30,32). The number of aromatic nitrogens is 6. The summed E-state index contributed by atoms with van der Waals surface area (Å²) in [7, 11) is 3.47. The van der Waals surface area contributed by atoms with Gasteiger partial charge in [-0.3, -0.25) is 9.67 Å². The third-order valence-electron chi connectivity index (χ3n) is 5.27. The zero-order chi connectivity index (χ0) is 24.4. The van der Waals surface area contributed by atoms with Crippen LogP contribution in [0.25, 0.3) is 33.4 Å². The number of ether oxygens (including phenoxy) is 2. The number of hydrogen-bond acceptors (Lipinski definition) is 8. The second-order valence-electron chi connectivity index (χ2n) is 8.35. The molecule has 0 fully saturated rings. The first-order valence-electron chi connectivity index (χ1n) is 11.2. The van der Waals surface area contributed by atoms with Crippen molar-refractivity contribution in [2.24, 2.45) is 7.05 Å². The van der Waals surface area contributed by atoms with E-state index in [2.05, 4.69) is 25.4 Å². The third kappa shape index (κ3) is 4.89. The first-order chi connectivity index (χ1) is 17.0. The van der Waals surface area contributed by atoms with E-state index in [1.54, 1.807) is 30.4 Å². The Labute approximate surface area is 202 Å². The lowest BCUT2D eigenvalue weighted by atomic mass is 10.1. The van der Waals surface area contributed by atoms with Gasteiger partial charge >= 0.3 is 0 Å². The minimum absolute atomic E-state index is 0.217. The van der Waals surface area contributed by atoms with Gasteiger partial charge in [-0.25, -0.2) is 9.97 Å². The van der Waals surface area contributed by atoms with E-state index >= 15 is 0 Å². The highest BCUT2D eigenvalue weighted by Crippen LogP contribution is 2.31. The Hall–Kier alpha value is -4.53. The molecule has 0 radical (unpaired) electrons. The fraction of sp³-hybridized carbons (Fsp3) is 0.192. The normalized spacial score (nSPS) is 11.1. The Morgan fingerprint density at radius 1 is 0.914 bits per heavy atom. The Morgan fingerprint density at radius 3 is 2.54 bits per heavy atom. The first-order valence-corrected chi connectivity index (χ1v) is 11.2. The van der Waals surface area contributed by atoms with E-state index in [4.69, 9.17) is 14.5 Å². The van der Waals surface area contributed by atoms with Crippen LogP contribution in [-0.2, 0) is 7.05 Å². The molecule has 0 bridgehead atoms. The average Bonchev–Trinajstić information content (AvgIpc) is 3.30. The summed E-state index contributed by atoms with van der Waals surface area (Å²) in [6.07, 6.45) is 7.15. The highest BCUT2D eigenvalue weighted by Gasteiger charge is 2.13. The fourth-order valence-corrected chi connectivity index (χ4v) is 3.66. The topological polar surface area (TPSA) is 99.9 Å². The van der Waals surface area contributed by atoms with Gasteiger partial charge in [0.2, 0.25) is 11.8 Å². The number of nitrogens with zero attached hydrogens (tertiary/aromatic N) is 6. The molecule has 0 spiro atoms. The van der Waals surface area contributed by atoms with Gasteiger partial charge in [0.05, 0.1) is 35.8 Å². The summed E-state index contributed by atoms with van der Waals surface area (Å²) in [5.74, 6) is 2.39. The summed E-state index contributed by atoms with van der Waals surface area (Å²) < 4.78 is 13.4. The van der Waals surface area contributed by atoms with E-state index in [1.165, 1.54) is 0 Å². The van der Waals surface area contributed by atoms with Crippen molar-refractivity contribution in [2.75, 3.05) is 12.4 Å². The van der Waals surface area contributed by atoms with Crippen molar-refractivity contribution in [3.05, 3.63) is 67.3 Å². The van der Waals surface area contributed by atoms with Gasteiger partial charge in [0.1, 0.15) is 11.5 Å². The maximum Gasteiger partial charge on any atom is 0.227 e. The highest BCUT2D eigenvalue weighted by atomic mass is 16.5. The van der Waals surface area contributed by atoms with Crippen molar-refractivity contribution in [3.63, 3.8) is 0 Å². The summed E-state index contributed by atoms with van der Waals surface area (Å²) in [6.45, 7) is 4.06. The smallest absolute Gasteiger partial charge is 0.227 e. The second-order valence-corrected chi connectivity index (χ2v) is 8.35. The van der Waals surface area contributed by atoms with E-state index in [9.17, 15) is 0 Å². The van der Waals surface area contributed by atoms with Crippen LogP contribution in [0.1, 0.15) is 13.8 Å². The van der Waals surface area contributed by atoms with Crippen LogP contribution in [0, 0.1) is 0 Å². The van der Waals surface area contributed by atoms with Gasteiger partial charge in [-0.15, -0.1) is 0 Å². The van der Waals surface area contributed by atoms with Gasteiger partial charge in [-0.2, -0.15) is 10.1 Å². The van der Waals surface area contributed by atoms with Gasteiger partial charge in [-0.05, 0) is 44.2 Å². The molecule has 9 heteroatoms. The molecule has 5 rings (SSSR count). The zero-order valence-electron chi connectivity index (χ0n) is 19.9. The SMILES string of the molecule is COc1nc(NC(C)C)ncc1-c1ccc2cc(Oc3ccnc(-c4cnn(C)c4)c3)ccc2n1. The number of methoxy groups -OCH3 is 1. The lowest BCUT2D eigenvalue weighted by molar-refractivity contribution is 0.399. The van der Waals surface area contributed by atoms with Crippen LogP contribution in [0.2, 0.25) is 0 Å². The lowest BCUT2D eigenvalue weighted by Gasteiger charge is -2.12. The predicted molar refractivity (Wildman–Crippen MR) is 135 cm³/mol. The third-order valence-corrected chi connectivity index (χ3v) is 5.27. The molecular formula is C26H25N7O2. The largest absolute Gasteiger partial charge is 0.480 e. The minimum Gasteiger partial charge on any atom is -0.480 e.